The maximum absolute atomic E-state index is 15.4. The Morgan fingerprint density at radius 3 is 2.51 bits per heavy atom. The van der Waals surface area contributed by atoms with E-state index in [1.165, 1.54) is 6.20 Å². The number of hydrogen-bond acceptors (Lipinski definition) is 7. The SMILES string of the molecule is CC1CN(c2c(N3C(c4c(F)cccc4F)=C(F)C=CC3C(=O)O)cnc3c2CCC3O)CC(N)C1O. The second kappa shape index (κ2) is 9.47. The highest BCUT2D eigenvalue weighted by atomic mass is 19.1. The second-order valence-corrected chi connectivity index (χ2v) is 9.75. The summed E-state index contributed by atoms with van der Waals surface area (Å²) in [6.07, 6.45) is 2.42. The standard InChI is InChI=1S/C26H27F3N4O4/c1-12-10-32(11-17(30)25(12)35)23-13-5-8-20(34)22(13)31-9-19(23)33-18(26(36)37)7-6-16(29)24(33)21-14(27)3-2-4-15(21)28/h2-4,6-7,9,12,17-18,20,25,34-35H,5,8,10-11,30H2,1H3,(H,36,37). The van der Waals surface area contributed by atoms with Gasteiger partial charge in [-0.15, -0.1) is 0 Å². The number of nitrogens with zero attached hydrogens (tertiary/aromatic N) is 3. The van der Waals surface area contributed by atoms with Crippen LogP contribution in [0.4, 0.5) is 24.5 Å². The van der Waals surface area contributed by atoms with E-state index in [9.17, 15) is 28.9 Å². The smallest absolute Gasteiger partial charge is 0.330 e. The third-order valence-electron chi connectivity index (χ3n) is 7.31. The van der Waals surface area contributed by atoms with Crippen LogP contribution in [0.25, 0.3) is 5.70 Å². The van der Waals surface area contributed by atoms with Crippen molar-refractivity contribution in [3.05, 3.63) is 70.8 Å². The number of rotatable bonds is 4. The first-order chi connectivity index (χ1) is 17.6. The zero-order valence-electron chi connectivity index (χ0n) is 20.0. The number of allylic oxidation sites excluding steroid dienone is 2. The Hall–Kier alpha value is -3.41. The highest BCUT2D eigenvalue weighted by Crippen LogP contribution is 2.47. The molecule has 1 fully saturated rings. The Labute approximate surface area is 211 Å². The van der Waals surface area contributed by atoms with Gasteiger partial charge in [0.2, 0.25) is 0 Å². The van der Waals surface area contributed by atoms with E-state index in [1.54, 1.807) is 0 Å². The van der Waals surface area contributed by atoms with E-state index in [1.807, 2.05) is 11.8 Å². The van der Waals surface area contributed by atoms with Gasteiger partial charge in [-0.1, -0.05) is 13.0 Å². The lowest BCUT2D eigenvalue weighted by Crippen LogP contribution is -2.56. The normalized spacial score (nSPS) is 27.6. The predicted molar refractivity (Wildman–Crippen MR) is 130 cm³/mol. The fraction of sp³-hybridized carbons (Fsp3) is 0.385. The number of fused-ring (bicyclic) bond motifs is 1. The van der Waals surface area contributed by atoms with E-state index in [0.717, 1.165) is 35.3 Å². The molecule has 1 aliphatic carbocycles. The van der Waals surface area contributed by atoms with Crippen molar-refractivity contribution in [3.63, 3.8) is 0 Å². The topological polar surface area (TPSA) is 123 Å². The lowest BCUT2D eigenvalue weighted by atomic mass is 9.91. The number of nitrogens with two attached hydrogens (primary N) is 1. The lowest BCUT2D eigenvalue weighted by Gasteiger charge is -2.43. The van der Waals surface area contributed by atoms with Gasteiger partial charge in [0, 0.05) is 30.6 Å². The van der Waals surface area contributed by atoms with Crippen molar-refractivity contribution in [2.24, 2.45) is 11.7 Å². The molecule has 2 aromatic rings. The number of aromatic nitrogens is 1. The summed E-state index contributed by atoms with van der Waals surface area (Å²) in [6, 6.07) is 0.917. The summed E-state index contributed by atoms with van der Waals surface area (Å²) in [7, 11) is 0. The number of carboxylic acids is 1. The van der Waals surface area contributed by atoms with Gasteiger partial charge in [-0.2, -0.15) is 0 Å². The molecule has 1 aromatic carbocycles. The largest absolute Gasteiger partial charge is 0.479 e. The van der Waals surface area contributed by atoms with Crippen molar-refractivity contribution >= 4 is 23.0 Å². The molecule has 11 heteroatoms. The van der Waals surface area contributed by atoms with Gasteiger partial charge in [0.05, 0.1) is 46.7 Å². The molecule has 0 saturated carbocycles. The molecule has 0 amide bonds. The van der Waals surface area contributed by atoms with Gasteiger partial charge >= 0.3 is 5.97 Å². The average Bonchev–Trinajstić information content (AvgIpc) is 3.22. The first-order valence-corrected chi connectivity index (χ1v) is 12.0. The molecule has 2 aliphatic heterocycles. The van der Waals surface area contributed by atoms with E-state index in [2.05, 4.69) is 4.98 Å². The van der Waals surface area contributed by atoms with Crippen LogP contribution in [0, 0.1) is 17.6 Å². The van der Waals surface area contributed by atoms with Crippen molar-refractivity contribution in [2.75, 3.05) is 22.9 Å². The van der Waals surface area contributed by atoms with Gasteiger partial charge in [-0.25, -0.2) is 18.0 Å². The molecular weight excluding hydrogens is 489 g/mol. The molecule has 5 unspecified atom stereocenters. The van der Waals surface area contributed by atoms with Crippen LogP contribution in [0.3, 0.4) is 0 Å². The van der Waals surface area contributed by atoms with Gasteiger partial charge in [0.25, 0.3) is 0 Å². The molecule has 3 aliphatic rings. The Kier molecular flexibility index (Phi) is 6.47. The molecule has 37 heavy (non-hydrogen) atoms. The summed E-state index contributed by atoms with van der Waals surface area (Å²) < 4.78 is 45.4. The van der Waals surface area contributed by atoms with Gasteiger partial charge in [-0.3, -0.25) is 4.98 Å². The quantitative estimate of drug-likeness (QED) is 0.489. The highest BCUT2D eigenvalue weighted by molar-refractivity contribution is 5.97. The summed E-state index contributed by atoms with van der Waals surface area (Å²) in [5, 5.41) is 31.0. The van der Waals surface area contributed by atoms with Crippen molar-refractivity contribution in [1.29, 1.82) is 0 Å². The van der Waals surface area contributed by atoms with Gasteiger partial charge < -0.3 is 30.9 Å². The first kappa shape index (κ1) is 25.2. The molecular formula is C26H27F3N4O4. The minimum atomic E-state index is -1.51. The van der Waals surface area contributed by atoms with Gasteiger partial charge in [0.1, 0.15) is 17.5 Å². The van der Waals surface area contributed by atoms with Crippen molar-refractivity contribution in [2.45, 2.75) is 44.1 Å². The highest BCUT2D eigenvalue weighted by Gasteiger charge is 2.41. The van der Waals surface area contributed by atoms with Crippen LogP contribution >= 0.6 is 0 Å². The number of anilines is 2. The number of aliphatic hydroxyl groups excluding tert-OH is 2. The van der Waals surface area contributed by atoms with E-state index in [-0.39, 0.29) is 18.2 Å². The summed E-state index contributed by atoms with van der Waals surface area (Å²) in [5.41, 5.74) is 6.48. The van der Waals surface area contributed by atoms with Crippen molar-refractivity contribution < 1.29 is 33.3 Å². The lowest BCUT2D eigenvalue weighted by molar-refractivity contribution is -0.137. The average molecular weight is 517 g/mol. The number of piperidine rings is 1. The van der Waals surface area contributed by atoms with Crippen LogP contribution in [-0.2, 0) is 11.2 Å². The third-order valence-corrected chi connectivity index (χ3v) is 7.31. The molecule has 1 aromatic heterocycles. The number of pyridine rings is 1. The monoisotopic (exact) mass is 516 g/mol. The molecule has 0 spiro atoms. The fourth-order valence-electron chi connectivity index (χ4n) is 5.55. The fourth-order valence-corrected chi connectivity index (χ4v) is 5.55. The van der Waals surface area contributed by atoms with E-state index in [4.69, 9.17) is 5.73 Å². The molecule has 5 N–H and O–H groups in total. The van der Waals surface area contributed by atoms with Crippen LogP contribution in [0.15, 0.2) is 42.4 Å². The Morgan fingerprint density at radius 1 is 1.16 bits per heavy atom. The summed E-state index contributed by atoms with van der Waals surface area (Å²) in [6.45, 7) is 2.32. The third kappa shape index (κ3) is 4.16. The number of benzene rings is 1. The van der Waals surface area contributed by atoms with E-state index >= 15 is 4.39 Å². The summed E-state index contributed by atoms with van der Waals surface area (Å²) >= 11 is 0. The number of carbonyl (C=O) groups is 1. The predicted octanol–water partition coefficient (Wildman–Crippen LogP) is 2.65. The van der Waals surface area contributed by atoms with Crippen LogP contribution < -0.4 is 15.5 Å². The van der Waals surface area contributed by atoms with Crippen molar-refractivity contribution in [1.82, 2.24) is 4.98 Å². The van der Waals surface area contributed by atoms with Crippen LogP contribution in [-0.4, -0.2) is 57.6 Å². The maximum Gasteiger partial charge on any atom is 0.330 e. The zero-order chi connectivity index (χ0) is 26.6. The van der Waals surface area contributed by atoms with Gasteiger partial charge in [-0.05, 0) is 37.1 Å². The maximum atomic E-state index is 15.4. The van der Waals surface area contributed by atoms with E-state index < -0.39 is 59.0 Å². The van der Waals surface area contributed by atoms with Gasteiger partial charge in [0.15, 0.2) is 6.04 Å². The van der Waals surface area contributed by atoms with Crippen LogP contribution in [0.1, 0.15) is 36.3 Å². The molecule has 0 radical (unpaired) electrons. The van der Waals surface area contributed by atoms with Crippen LogP contribution in [0.5, 0.6) is 0 Å². The summed E-state index contributed by atoms with van der Waals surface area (Å²) in [5.74, 6) is -4.77. The first-order valence-electron chi connectivity index (χ1n) is 12.0. The number of carboxylic acid groups (broad SMARTS) is 1. The number of hydrogen-bond donors (Lipinski definition) is 4. The second-order valence-electron chi connectivity index (χ2n) is 9.75. The Bertz CT molecular complexity index is 1280. The molecule has 196 valence electrons. The zero-order valence-corrected chi connectivity index (χ0v) is 20.0. The molecule has 3 heterocycles. The minimum Gasteiger partial charge on any atom is -0.479 e. The minimum absolute atomic E-state index is 0.105. The summed E-state index contributed by atoms with van der Waals surface area (Å²) in [4.78, 5) is 19.6. The molecule has 1 saturated heterocycles. The van der Waals surface area contributed by atoms with Crippen molar-refractivity contribution in [3.8, 4) is 0 Å². The number of aliphatic carboxylic acids is 1. The van der Waals surface area contributed by atoms with E-state index in [0.29, 0.717) is 36.3 Å². The number of aliphatic hydroxyl groups is 2. The number of halogens is 3. The molecule has 8 nitrogen and oxygen atoms in total. The molecule has 0 bridgehead atoms. The Morgan fingerprint density at radius 2 is 1.86 bits per heavy atom. The van der Waals surface area contributed by atoms with Crippen LogP contribution in [0.2, 0.25) is 0 Å². The Balaban J connectivity index is 1.77. The molecule has 5 atom stereocenters. The molecule has 5 rings (SSSR count).